The lowest BCUT2D eigenvalue weighted by atomic mass is 10.4. The summed E-state index contributed by atoms with van der Waals surface area (Å²) in [7, 11) is 0. The van der Waals surface area contributed by atoms with Crippen LogP contribution >= 0.6 is 0 Å². The van der Waals surface area contributed by atoms with Crippen LogP contribution in [0, 0.1) is 5.82 Å². The van der Waals surface area contributed by atoms with E-state index in [0.29, 0.717) is 16.9 Å². The Kier molecular flexibility index (Phi) is 2.20. The molecule has 0 saturated heterocycles. The van der Waals surface area contributed by atoms with E-state index < -0.39 is 12.4 Å². The number of hydrogen-bond acceptors (Lipinski definition) is 6. The van der Waals surface area contributed by atoms with Crippen molar-refractivity contribution in [1.82, 2.24) is 29.9 Å². The van der Waals surface area contributed by atoms with Crippen LogP contribution < -0.4 is 5.73 Å². The van der Waals surface area contributed by atoms with E-state index >= 15 is 0 Å². The Morgan fingerprint density at radius 2 is 2.28 bits per heavy atom. The fourth-order valence-corrected chi connectivity index (χ4v) is 1.62. The third-order valence-electron chi connectivity index (χ3n) is 2.41. The highest BCUT2D eigenvalue weighted by Gasteiger charge is 2.14. The SMILES string of the molecule is Nc1nc(-n2cc(F)c(CO)n2)c2cn[nH]c2n1. The maximum atomic E-state index is 13.4. The average Bonchev–Trinajstić information content (AvgIpc) is 2.93. The van der Waals surface area contributed by atoms with Crippen LogP contribution in [0.1, 0.15) is 5.69 Å². The van der Waals surface area contributed by atoms with Gasteiger partial charge in [0.15, 0.2) is 17.3 Å². The lowest BCUT2D eigenvalue weighted by Crippen LogP contribution is -2.04. The van der Waals surface area contributed by atoms with Gasteiger partial charge in [-0.15, -0.1) is 0 Å². The van der Waals surface area contributed by atoms with Crippen molar-refractivity contribution in [1.29, 1.82) is 0 Å². The second-order valence-corrected chi connectivity index (χ2v) is 3.56. The van der Waals surface area contributed by atoms with E-state index in [1.165, 1.54) is 10.9 Å². The van der Waals surface area contributed by atoms with Crippen molar-refractivity contribution in [3.63, 3.8) is 0 Å². The number of anilines is 1. The van der Waals surface area contributed by atoms with Crippen LogP contribution in [0.2, 0.25) is 0 Å². The number of aromatic nitrogens is 6. The van der Waals surface area contributed by atoms with Gasteiger partial charge in [0.1, 0.15) is 5.69 Å². The fraction of sp³-hybridized carbons (Fsp3) is 0.111. The first-order valence-electron chi connectivity index (χ1n) is 5.01. The first kappa shape index (κ1) is 10.6. The van der Waals surface area contributed by atoms with Crippen molar-refractivity contribution in [2.75, 3.05) is 5.73 Å². The third kappa shape index (κ3) is 1.49. The number of rotatable bonds is 2. The van der Waals surface area contributed by atoms with Crippen LogP contribution in [0.5, 0.6) is 0 Å². The molecule has 0 bridgehead atoms. The summed E-state index contributed by atoms with van der Waals surface area (Å²) in [6.45, 7) is -0.492. The molecule has 0 aliphatic heterocycles. The van der Waals surface area contributed by atoms with E-state index in [1.54, 1.807) is 0 Å². The largest absolute Gasteiger partial charge is 0.390 e. The summed E-state index contributed by atoms with van der Waals surface area (Å²) < 4.78 is 14.6. The van der Waals surface area contributed by atoms with E-state index in [0.717, 1.165) is 6.20 Å². The Bertz CT molecular complexity index is 719. The molecular weight excluding hydrogens is 241 g/mol. The minimum Gasteiger partial charge on any atom is -0.390 e. The van der Waals surface area contributed by atoms with Crippen molar-refractivity contribution in [2.24, 2.45) is 0 Å². The van der Waals surface area contributed by atoms with E-state index in [4.69, 9.17) is 10.8 Å². The van der Waals surface area contributed by atoms with Gasteiger partial charge in [0, 0.05) is 0 Å². The van der Waals surface area contributed by atoms with Crippen molar-refractivity contribution < 1.29 is 9.50 Å². The van der Waals surface area contributed by atoms with Crippen LogP contribution in [-0.4, -0.2) is 35.1 Å². The Morgan fingerprint density at radius 1 is 1.44 bits per heavy atom. The number of fused-ring (bicyclic) bond motifs is 1. The number of nitrogens with zero attached hydrogens (tertiary/aromatic N) is 5. The summed E-state index contributed by atoms with van der Waals surface area (Å²) in [5.41, 5.74) is 5.91. The normalized spacial score (nSPS) is 11.2. The summed E-state index contributed by atoms with van der Waals surface area (Å²) in [4.78, 5) is 7.93. The van der Waals surface area contributed by atoms with Crippen molar-refractivity contribution in [3.8, 4) is 5.82 Å². The van der Waals surface area contributed by atoms with Gasteiger partial charge in [0.05, 0.1) is 24.4 Å². The molecule has 0 aromatic carbocycles. The zero-order valence-corrected chi connectivity index (χ0v) is 9.00. The van der Waals surface area contributed by atoms with Gasteiger partial charge < -0.3 is 10.8 Å². The maximum absolute atomic E-state index is 13.4. The van der Waals surface area contributed by atoms with E-state index in [9.17, 15) is 4.39 Å². The zero-order valence-electron chi connectivity index (χ0n) is 9.00. The number of halogens is 1. The Morgan fingerprint density at radius 3 is 3.00 bits per heavy atom. The molecule has 0 fully saturated rings. The van der Waals surface area contributed by atoms with Gasteiger partial charge >= 0.3 is 0 Å². The molecule has 3 heterocycles. The maximum Gasteiger partial charge on any atom is 0.224 e. The highest BCUT2D eigenvalue weighted by atomic mass is 19.1. The molecule has 3 aromatic heterocycles. The number of aromatic amines is 1. The molecule has 0 aliphatic rings. The fourth-order valence-electron chi connectivity index (χ4n) is 1.62. The highest BCUT2D eigenvalue weighted by Crippen LogP contribution is 2.18. The van der Waals surface area contributed by atoms with Gasteiger partial charge in [0.2, 0.25) is 5.95 Å². The Labute approximate surface area is 99.3 Å². The van der Waals surface area contributed by atoms with E-state index in [-0.39, 0.29) is 11.6 Å². The van der Waals surface area contributed by atoms with Gasteiger partial charge in [-0.2, -0.15) is 20.2 Å². The molecule has 0 atom stereocenters. The topological polar surface area (TPSA) is 119 Å². The highest BCUT2D eigenvalue weighted by molar-refractivity contribution is 5.82. The second-order valence-electron chi connectivity index (χ2n) is 3.56. The molecule has 92 valence electrons. The minimum absolute atomic E-state index is 0.0169. The predicted molar refractivity (Wildman–Crippen MR) is 59.1 cm³/mol. The summed E-state index contributed by atoms with van der Waals surface area (Å²) in [5.74, 6) is -0.306. The lowest BCUT2D eigenvalue weighted by molar-refractivity contribution is 0.270. The van der Waals surface area contributed by atoms with Crippen LogP contribution in [0.3, 0.4) is 0 Å². The quantitative estimate of drug-likeness (QED) is 0.576. The molecule has 0 aliphatic carbocycles. The van der Waals surface area contributed by atoms with Gasteiger partial charge in [-0.05, 0) is 0 Å². The summed E-state index contributed by atoms with van der Waals surface area (Å²) in [6.07, 6.45) is 2.60. The molecule has 4 N–H and O–H groups in total. The van der Waals surface area contributed by atoms with Crippen LogP contribution in [0.15, 0.2) is 12.4 Å². The predicted octanol–water partition coefficient (Wildman–Crippen LogP) is -0.248. The van der Waals surface area contributed by atoms with E-state index in [1.807, 2.05) is 0 Å². The Hall–Kier alpha value is -2.55. The average molecular weight is 249 g/mol. The van der Waals surface area contributed by atoms with Crippen LogP contribution in [-0.2, 0) is 6.61 Å². The molecule has 3 aromatic rings. The smallest absolute Gasteiger partial charge is 0.224 e. The molecule has 0 saturated carbocycles. The molecular formula is C9H8FN7O. The van der Waals surface area contributed by atoms with E-state index in [2.05, 4.69) is 25.3 Å². The van der Waals surface area contributed by atoms with Crippen molar-refractivity contribution in [2.45, 2.75) is 6.61 Å². The molecule has 0 unspecified atom stereocenters. The number of H-pyrrole nitrogens is 1. The number of nitrogens with one attached hydrogen (secondary N) is 1. The molecule has 0 spiro atoms. The summed E-state index contributed by atoms with van der Waals surface area (Å²) in [5, 5.41) is 19.8. The van der Waals surface area contributed by atoms with Gasteiger partial charge in [-0.25, -0.2) is 9.07 Å². The first-order valence-corrected chi connectivity index (χ1v) is 5.01. The van der Waals surface area contributed by atoms with Crippen LogP contribution in [0.4, 0.5) is 10.3 Å². The summed E-state index contributed by atoms with van der Waals surface area (Å²) in [6, 6.07) is 0. The first-order chi connectivity index (χ1) is 8.69. The number of aliphatic hydroxyl groups is 1. The molecule has 8 nitrogen and oxygen atoms in total. The molecule has 0 radical (unpaired) electrons. The minimum atomic E-state index is -0.619. The molecule has 3 rings (SSSR count). The molecule has 18 heavy (non-hydrogen) atoms. The molecule has 0 amide bonds. The van der Waals surface area contributed by atoms with Gasteiger partial charge in [-0.3, -0.25) is 5.10 Å². The standard InChI is InChI=1S/C9H8FN7O/c10-5-2-17(16-6(5)3-18)8-4-1-12-15-7(4)13-9(11)14-8/h1-2,18H,3H2,(H3,11,12,13,14,15). The number of hydrogen-bond donors (Lipinski definition) is 3. The lowest BCUT2D eigenvalue weighted by Gasteiger charge is -2.02. The van der Waals surface area contributed by atoms with Crippen LogP contribution in [0.25, 0.3) is 16.9 Å². The van der Waals surface area contributed by atoms with Crippen molar-refractivity contribution >= 4 is 17.0 Å². The Balaban J connectivity index is 2.26. The number of nitrogen functional groups attached to an aromatic ring is 1. The van der Waals surface area contributed by atoms with Gasteiger partial charge in [-0.1, -0.05) is 0 Å². The second kappa shape index (κ2) is 3.74. The molecule has 9 heteroatoms. The number of aliphatic hydroxyl groups excluding tert-OH is 1. The third-order valence-corrected chi connectivity index (χ3v) is 2.41. The number of nitrogens with two attached hydrogens (primary N) is 1. The van der Waals surface area contributed by atoms with Crippen molar-refractivity contribution in [3.05, 3.63) is 23.9 Å². The van der Waals surface area contributed by atoms with Gasteiger partial charge in [0.25, 0.3) is 0 Å². The monoisotopic (exact) mass is 249 g/mol. The zero-order chi connectivity index (χ0) is 12.7. The summed E-state index contributed by atoms with van der Waals surface area (Å²) >= 11 is 0.